The summed E-state index contributed by atoms with van der Waals surface area (Å²) in [6.45, 7) is 0. The summed E-state index contributed by atoms with van der Waals surface area (Å²) in [5.41, 5.74) is 0.791. The van der Waals surface area contributed by atoms with Crippen molar-refractivity contribution in [1.29, 1.82) is 0 Å². The molecule has 0 saturated heterocycles. The molecule has 1 aromatic heterocycles. The molecule has 0 bridgehead atoms. The maximum absolute atomic E-state index is 11.9. The van der Waals surface area contributed by atoms with Gasteiger partial charge in [-0.25, -0.2) is 0 Å². The van der Waals surface area contributed by atoms with Crippen LogP contribution in [-0.2, 0) is 9.59 Å². The molecular formula is C21H16O3S. The Morgan fingerprint density at radius 3 is 2.32 bits per heavy atom. The molecule has 4 heteroatoms. The zero-order chi connectivity index (χ0) is 17.6. The van der Waals surface area contributed by atoms with Crippen molar-refractivity contribution in [3.8, 4) is 5.75 Å². The summed E-state index contributed by atoms with van der Waals surface area (Å²) in [4.78, 5) is 24.8. The molecule has 0 fully saturated rings. The lowest BCUT2D eigenvalue weighted by molar-refractivity contribution is -0.121. The first-order valence-electron chi connectivity index (χ1n) is 7.79. The number of aromatic hydroxyl groups is 1. The number of allylic oxidation sites excluding steroid dienone is 2. The third-order valence-electron chi connectivity index (χ3n) is 3.58. The number of benzene rings is 2. The Bertz CT molecular complexity index is 929. The Morgan fingerprint density at radius 1 is 0.920 bits per heavy atom. The fourth-order valence-corrected chi connectivity index (χ4v) is 3.29. The summed E-state index contributed by atoms with van der Waals surface area (Å²) in [7, 11) is 0. The number of hydrogen-bond donors (Lipinski definition) is 1. The van der Waals surface area contributed by atoms with E-state index in [-0.39, 0.29) is 23.7 Å². The fraction of sp³-hybridized carbons (Fsp3) is 0.0476. The van der Waals surface area contributed by atoms with Gasteiger partial charge in [-0.15, -0.1) is 11.3 Å². The highest BCUT2D eigenvalue weighted by Gasteiger charge is 2.04. The summed E-state index contributed by atoms with van der Waals surface area (Å²) in [6.07, 6.45) is 6.07. The van der Waals surface area contributed by atoms with Gasteiger partial charge in [0.25, 0.3) is 0 Å². The van der Waals surface area contributed by atoms with Crippen LogP contribution >= 0.6 is 11.3 Å². The van der Waals surface area contributed by atoms with E-state index in [1.54, 1.807) is 47.8 Å². The van der Waals surface area contributed by atoms with Crippen molar-refractivity contribution in [3.63, 3.8) is 0 Å². The van der Waals surface area contributed by atoms with Crippen LogP contribution < -0.4 is 0 Å². The smallest absolute Gasteiger partial charge is 0.163 e. The molecule has 0 aliphatic rings. The van der Waals surface area contributed by atoms with E-state index in [9.17, 15) is 14.7 Å². The fourth-order valence-electron chi connectivity index (χ4n) is 2.32. The maximum atomic E-state index is 11.9. The monoisotopic (exact) mass is 348 g/mol. The van der Waals surface area contributed by atoms with E-state index in [1.165, 1.54) is 16.9 Å². The molecule has 0 atom stereocenters. The Balaban J connectivity index is 1.57. The molecule has 0 amide bonds. The molecule has 25 heavy (non-hydrogen) atoms. The number of thiophene rings is 1. The first-order chi connectivity index (χ1) is 12.1. The molecule has 0 saturated carbocycles. The number of ketones is 2. The van der Waals surface area contributed by atoms with Crippen LogP contribution in [0.2, 0.25) is 0 Å². The predicted molar refractivity (Wildman–Crippen MR) is 103 cm³/mol. The van der Waals surface area contributed by atoms with Gasteiger partial charge in [-0.1, -0.05) is 36.4 Å². The van der Waals surface area contributed by atoms with Gasteiger partial charge in [0, 0.05) is 9.58 Å². The molecule has 1 N–H and O–H groups in total. The SMILES string of the molecule is O=C(/C=C/c1ccc(O)cc1)CC(=O)/C=C/c1cc2ccccc2s1. The number of phenolic OH excluding ortho intramolecular Hbond substituents is 1. The van der Waals surface area contributed by atoms with Gasteiger partial charge in [0.1, 0.15) is 5.75 Å². The molecular weight excluding hydrogens is 332 g/mol. The van der Waals surface area contributed by atoms with Crippen LogP contribution in [0.15, 0.2) is 66.7 Å². The molecule has 0 unspecified atom stereocenters. The largest absolute Gasteiger partial charge is 0.508 e. The average molecular weight is 348 g/mol. The lowest BCUT2D eigenvalue weighted by Crippen LogP contribution is -2.01. The van der Waals surface area contributed by atoms with E-state index in [4.69, 9.17) is 0 Å². The van der Waals surface area contributed by atoms with Gasteiger partial charge in [0.15, 0.2) is 11.6 Å². The second-order valence-corrected chi connectivity index (χ2v) is 6.67. The second-order valence-electron chi connectivity index (χ2n) is 5.55. The van der Waals surface area contributed by atoms with Crippen molar-refractivity contribution in [1.82, 2.24) is 0 Å². The van der Waals surface area contributed by atoms with Crippen molar-refractivity contribution < 1.29 is 14.7 Å². The zero-order valence-electron chi connectivity index (χ0n) is 13.4. The normalized spacial score (nSPS) is 11.5. The Labute approximate surface area is 149 Å². The van der Waals surface area contributed by atoms with Gasteiger partial charge in [0.05, 0.1) is 6.42 Å². The number of hydrogen-bond acceptors (Lipinski definition) is 4. The van der Waals surface area contributed by atoms with Crippen molar-refractivity contribution >= 4 is 45.1 Å². The van der Waals surface area contributed by atoms with Crippen molar-refractivity contribution in [2.45, 2.75) is 6.42 Å². The van der Waals surface area contributed by atoms with Crippen molar-refractivity contribution in [3.05, 3.63) is 77.2 Å². The van der Waals surface area contributed by atoms with Gasteiger partial charge in [0.2, 0.25) is 0 Å². The minimum Gasteiger partial charge on any atom is -0.508 e. The van der Waals surface area contributed by atoms with Gasteiger partial charge in [-0.05, 0) is 53.4 Å². The highest BCUT2D eigenvalue weighted by molar-refractivity contribution is 7.19. The van der Waals surface area contributed by atoms with Crippen LogP contribution in [0.5, 0.6) is 5.75 Å². The van der Waals surface area contributed by atoms with Crippen LogP contribution in [0.4, 0.5) is 0 Å². The van der Waals surface area contributed by atoms with Crippen LogP contribution in [0, 0.1) is 0 Å². The van der Waals surface area contributed by atoms with Crippen LogP contribution in [-0.4, -0.2) is 16.7 Å². The number of fused-ring (bicyclic) bond motifs is 1. The van der Waals surface area contributed by atoms with E-state index < -0.39 is 0 Å². The molecule has 0 aliphatic heterocycles. The standard InChI is InChI=1S/C21H16O3S/c22-17-8-5-15(6-9-17)7-10-18(23)14-19(24)11-12-20-13-16-3-1-2-4-21(16)25-20/h1-13,22H,14H2/b10-7+,12-11+. The van der Waals surface area contributed by atoms with Crippen molar-refractivity contribution in [2.75, 3.05) is 0 Å². The van der Waals surface area contributed by atoms with E-state index in [0.717, 1.165) is 15.8 Å². The molecule has 3 aromatic rings. The number of carbonyl (C=O) groups excluding carboxylic acids is 2. The van der Waals surface area contributed by atoms with E-state index in [0.29, 0.717) is 0 Å². The molecule has 124 valence electrons. The summed E-state index contributed by atoms with van der Waals surface area (Å²) >= 11 is 1.61. The minimum absolute atomic E-state index is 0.157. The Morgan fingerprint density at radius 2 is 1.60 bits per heavy atom. The predicted octanol–water partition coefficient (Wildman–Crippen LogP) is 4.86. The summed E-state index contributed by atoms with van der Waals surface area (Å²) in [5, 5.41) is 10.4. The topological polar surface area (TPSA) is 54.4 Å². The number of carbonyl (C=O) groups is 2. The summed E-state index contributed by atoms with van der Waals surface area (Å²) < 4.78 is 1.17. The lowest BCUT2D eigenvalue weighted by atomic mass is 10.1. The van der Waals surface area contributed by atoms with Crippen LogP contribution in [0.1, 0.15) is 16.9 Å². The van der Waals surface area contributed by atoms with Crippen LogP contribution in [0.25, 0.3) is 22.2 Å². The summed E-state index contributed by atoms with van der Waals surface area (Å²) in [6, 6.07) is 16.5. The van der Waals surface area contributed by atoms with Crippen molar-refractivity contribution in [2.24, 2.45) is 0 Å². The number of rotatable bonds is 6. The molecule has 3 nitrogen and oxygen atoms in total. The molecule has 0 spiro atoms. The second kappa shape index (κ2) is 7.73. The quantitative estimate of drug-likeness (QED) is 0.511. The Hall–Kier alpha value is -2.98. The Kier molecular flexibility index (Phi) is 5.21. The molecule has 0 aliphatic carbocycles. The van der Waals surface area contributed by atoms with Gasteiger partial charge >= 0.3 is 0 Å². The third-order valence-corrected chi connectivity index (χ3v) is 4.66. The minimum atomic E-state index is -0.251. The first-order valence-corrected chi connectivity index (χ1v) is 8.61. The highest BCUT2D eigenvalue weighted by Crippen LogP contribution is 2.26. The van der Waals surface area contributed by atoms with E-state index in [1.807, 2.05) is 30.3 Å². The lowest BCUT2D eigenvalue weighted by Gasteiger charge is -1.94. The molecule has 2 aromatic carbocycles. The average Bonchev–Trinajstić information content (AvgIpc) is 3.02. The van der Waals surface area contributed by atoms with Crippen LogP contribution in [0.3, 0.4) is 0 Å². The zero-order valence-corrected chi connectivity index (χ0v) is 14.2. The van der Waals surface area contributed by atoms with E-state index in [2.05, 4.69) is 0 Å². The highest BCUT2D eigenvalue weighted by atomic mass is 32.1. The molecule has 0 radical (unpaired) electrons. The van der Waals surface area contributed by atoms with Gasteiger partial charge < -0.3 is 5.11 Å². The third kappa shape index (κ3) is 4.75. The van der Waals surface area contributed by atoms with E-state index >= 15 is 0 Å². The van der Waals surface area contributed by atoms with Gasteiger partial charge in [-0.2, -0.15) is 0 Å². The summed E-state index contributed by atoms with van der Waals surface area (Å²) in [5.74, 6) is -0.304. The van der Waals surface area contributed by atoms with Gasteiger partial charge in [-0.3, -0.25) is 9.59 Å². The first kappa shape index (κ1) is 16.9. The number of phenols is 1. The molecule has 1 heterocycles. The molecule has 3 rings (SSSR count). The maximum Gasteiger partial charge on any atom is 0.163 e.